The Labute approximate surface area is 148 Å². The third kappa shape index (κ3) is 7.56. The minimum atomic E-state index is -4.65. The molecule has 0 aliphatic carbocycles. The number of hydrogen-bond donors (Lipinski definition) is 1. The quantitative estimate of drug-likeness (QED) is 0.825. The summed E-state index contributed by atoms with van der Waals surface area (Å²) < 4.78 is 50.1. The molecular formula is C17H19F4N4O-. The lowest BCUT2D eigenvalue weighted by atomic mass is 10.1. The maximum atomic E-state index is 13.2. The third-order valence-electron chi connectivity index (χ3n) is 2.89. The van der Waals surface area contributed by atoms with E-state index in [-0.39, 0.29) is 17.8 Å². The number of alkyl halides is 3. The van der Waals surface area contributed by atoms with Gasteiger partial charge in [-0.1, -0.05) is 32.4 Å². The summed E-state index contributed by atoms with van der Waals surface area (Å²) >= 11 is 0. The molecule has 0 unspecified atom stereocenters. The van der Waals surface area contributed by atoms with Crippen LogP contribution < -0.4 is 5.73 Å². The number of nitrogens with zero attached hydrogens (tertiary/aromatic N) is 3. The molecule has 9 heteroatoms. The van der Waals surface area contributed by atoms with Crippen molar-refractivity contribution in [1.29, 1.82) is 0 Å². The van der Waals surface area contributed by atoms with Crippen molar-refractivity contribution in [3.8, 4) is 0 Å². The first-order valence-corrected chi connectivity index (χ1v) is 7.50. The molecule has 142 valence electrons. The van der Waals surface area contributed by atoms with Gasteiger partial charge in [0.05, 0.1) is 11.8 Å². The number of carbonyl (C=O) groups is 1. The molecule has 5 nitrogen and oxygen atoms in total. The number of benzene rings is 1. The highest BCUT2D eigenvalue weighted by Crippen LogP contribution is 2.32. The van der Waals surface area contributed by atoms with Gasteiger partial charge < -0.3 is 11.1 Å². The van der Waals surface area contributed by atoms with E-state index in [2.05, 4.69) is 15.3 Å². The number of carbonyl (C=O) groups excluding carboxylic acids is 1. The predicted molar refractivity (Wildman–Crippen MR) is 88.8 cm³/mol. The van der Waals surface area contributed by atoms with Crippen molar-refractivity contribution in [3.63, 3.8) is 0 Å². The van der Waals surface area contributed by atoms with E-state index in [0.717, 1.165) is 12.1 Å². The lowest BCUT2D eigenvalue weighted by molar-refractivity contribution is -0.140. The second kappa shape index (κ2) is 8.70. The fourth-order valence-electron chi connectivity index (χ4n) is 1.64. The Morgan fingerprint density at radius 1 is 1.19 bits per heavy atom. The van der Waals surface area contributed by atoms with Crippen LogP contribution in [0.5, 0.6) is 0 Å². The highest BCUT2D eigenvalue weighted by Gasteiger charge is 2.33. The molecule has 1 amide bonds. The lowest BCUT2D eigenvalue weighted by Crippen LogP contribution is -2.13. The highest BCUT2D eigenvalue weighted by atomic mass is 19.4. The van der Waals surface area contributed by atoms with Crippen molar-refractivity contribution in [2.45, 2.75) is 39.0 Å². The Morgan fingerprint density at radius 3 is 2.23 bits per heavy atom. The molecule has 0 radical (unpaired) electrons. The number of primary amides is 1. The molecule has 0 saturated carbocycles. The second-order valence-electron chi connectivity index (χ2n) is 6.25. The molecule has 2 N–H and O–H groups in total. The molecule has 1 aromatic heterocycles. The standard InChI is InChI=1S/C12H14F4N.C5H5N3O/c1-11(2,3)17-7-8-4-5-9(10(13)6-8)12(14,15)16;6-5(9)4-3-7-1-2-8-4/h4-6H,7H2,1-3H3;1-3H,(H2,6,9)/q-1;. The molecule has 2 aromatic rings. The summed E-state index contributed by atoms with van der Waals surface area (Å²) in [5.74, 6) is -1.80. The minimum absolute atomic E-state index is 0.192. The summed E-state index contributed by atoms with van der Waals surface area (Å²) in [6.07, 6.45) is -0.432. The normalized spacial score (nSPS) is 11.5. The van der Waals surface area contributed by atoms with Crippen LogP contribution in [-0.4, -0.2) is 21.4 Å². The van der Waals surface area contributed by atoms with E-state index < -0.39 is 23.5 Å². The summed E-state index contributed by atoms with van der Waals surface area (Å²) in [7, 11) is 0. The Bertz CT molecular complexity index is 728. The number of rotatable bonds is 3. The molecule has 0 atom stereocenters. The van der Waals surface area contributed by atoms with Gasteiger partial charge in [-0.3, -0.25) is 9.78 Å². The largest absolute Gasteiger partial charge is 0.654 e. The van der Waals surface area contributed by atoms with Crippen LogP contribution in [0, 0.1) is 5.82 Å². The van der Waals surface area contributed by atoms with Gasteiger partial charge >= 0.3 is 6.18 Å². The number of aromatic nitrogens is 2. The zero-order valence-electron chi connectivity index (χ0n) is 14.5. The third-order valence-corrected chi connectivity index (χ3v) is 2.89. The van der Waals surface area contributed by atoms with Crippen molar-refractivity contribution < 1.29 is 22.4 Å². The maximum absolute atomic E-state index is 13.2. The van der Waals surface area contributed by atoms with E-state index in [1.807, 2.05) is 20.8 Å². The van der Waals surface area contributed by atoms with Crippen molar-refractivity contribution in [2.75, 3.05) is 0 Å². The Morgan fingerprint density at radius 2 is 1.85 bits per heavy atom. The first-order chi connectivity index (χ1) is 11.9. The molecule has 0 fully saturated rings. The maximum Gasteiger partial charge on any atom is 0.419 e. The van der Waals surface area contributed by atoms with Crippen LogP contribution in [0.4, 0.5) is 17.6 Å². The monoisotopic (exact) mass is 371 g/mol. The molecule has 0 bridgehead atoms. The van der Waals surface area contributed by atoms with Crippen molar-refractivity contribution in [1.82, 2.24) is 9.97 Å². The highest BCUT2D eigenvalue weighted by molar-refractivity contribution is 5.90. The van der Waals surface area contributed by atoms with Gasteiger partial charge in [-0.05, 0) is 12.1 Å². The summed E-state index contributed by atoms with van der Waals surface area (Å²) in [6.45, 7) is 5.81. The number of hydrogen-bond acceptors (Lipinski definition) is 3. The van der Waals surface area contributed by atoms with E-state index in [0.29, 0.717) is 5.56 Å². The molecule has 1 heterocycles. The van der Waals surface area contributed by atoms with Crippen molar-refractivity contribution >= 4 is 5.91 Å². The van der Waals surface area contributed by atoms with E-state index in [9.17, 15) is 22.4 Å². The van der Waals surface area contributed by atoms with E-state index >= 15 is 0 Å². The zero-order valence-corrected chi connectivity index (χ0v) is 14.5. The molecule has 2 rings (SSSR count). The zero-order chi connectivity index (χ0) is 20.0. The van der Waals surface area contributed by atoms with Gasteiger partial charge in [-0.2, -0.15) is 13.2 Å². The van der Waals surface area contributed by atoms with Gasteiger partial charge in [0.25, 0.3) is 5.91 Å². The Balaban J connectivity index is 0.000000314. The fourth-order valence-corrected chi connectivity index (χ4v) is 1.64. The van der Waals surface area contributed by atoms with Gasteiger partial charge in [-0.15, -0.1) is 12.1 Å². The van der Waals surface area contributed by atoms with E-state index in [4.69, 9.17) is 5.73 Å². The molecule has 0 saturated heterocycles. The SMILES string of the molecule is CC(C)(C)[N-]Cc1ccc(C(F)(F)F)c(F)c1.NC(=O)c1cnccn1. The van der Waals surface area contributed by atoms with Crippen LogP contribution in [-0.2, 0) is 12.7 Å². The topological polar surface area (TPSA) is 83.0 Å². The summed E-state index contributed by atoms with van der Waals surface area (Å²) in [4.78, 5) is 17.6. The number of amides is 1. The second-order valence-corrected chi connectivity index (χ2v) is 6.25. The predicted octanol–water partition coefficient (Wildman–Crippen LogP) is 4.09. The minimum Gasteiger partial charge on any atom is -0.654 e. The van der Waals surface area contributed by atoms with Crippen molar-refractivity contribution in [3.05, 3.63) is 64.7 Å². The number of halogens is 4. The average molecular weight is 371 g/mol. The average Bonchev–Trinajstić information content (AvgIpc) is 2.52. The fraction of sp³-hybridized carbons (Fsp3) is 0.353. The van der Waals surface area contributed by atoms with E-state index in [1.165, 1.54) is 24.7 Å². The van der Waals surface area contributed by atoms with Gasteiger partial charge in [0.1, 0.15) is 11.5 Å². The van der Waals surface area contributed by atoms with Gasteiger partial charge in [0, 0.05) is 12.4 Å². The first-order valence-electron chi connectivity index (χ1n) is 7.50. The molecular weight excluding hydrogens is 352 g/mol. The van der Waals surface area contributed by atoms with Crippen LogP contribution in [0.15, 0.2) is 36.8 Å². The van der Waals surface area contributed by atoms with Crippen LogP contribution in [0.1, 0.15) is 42.4 Å². The smallest absolute Gasteiger partial charge is 0.419 e. The van der Waals surface area contributed by atoms with Crippen LogP contribution in [0.3, 0.4) is 0 Å². The first kappa shape index (κ1) is 21.5. The van der Waals surface area contributed by atoms with Gasteiger partial charge in [0.15, 0.2) is 0 Å². The van der Waals surface area contributed by atoms with Crippen LogP contribution >= 0.6 is 0 Å². The van der Waals surface area contributed by atoms with Crippen LogP contribution in [0.2, 0.25) is 0 Å². The van der Waals surface area contributed by atoms with E-state index in [1.54, 1.807) is 0 Å². The number of nitrogens with two attached hydrogens (primary N) is 1. The lowest BCUT2D eigenvalue weighted by Gasteiger charge is -2.36. The summed E-state index contributed by atoms with van der Waals surface area (Å²) in [5, 5.41) is 4.21. The Hall–Kier alpha value is -2.55. The van der Waals surface area contributed by atoms with Gasteiger partial charge in [-0.25, -0.2) is 9.37 Å². The summed E-state index contributed by atoms with van der Waals surface area (Å²) in [5.41, 5.74) is 3.97. The summed E-state index contributed by atoms with van der Waals surface area (Å²) in [6, 6.07) is 2.89. The molecule has 0 aliphatic heterocycles. The molecule has 26 heavy (non-hydrogen) atoms. The van der Waals surface area contributed by atoms with Crippen LogP contribution in [0.25, 0.3) is 5.32 Å². The molecule has 1 aromatic carbocycles. The van der Waals surface area contributed by atoms with Gasteiger partial charge in [0.2, 0.25) is 0 Å². The molecule has 0 spiro atoms. The Kier molecular flexibility index (Phi) is 7.19. The molecule has 0 aliphatic rings. The van der Waals surface area contributed by atoms with Crippen molar-refractivity contribution in [2.24, 2.45) is 5.73 Å².